The third-order valence-electron chi connectivity index (χ3n) is 1.67. The van der Waals surface area contributed by atoms with E-state index in [-0.39, 0.29) is 5.56 Å². The van der Waals surface area contributed by atoms with Gasteiger partial charge in [0.2, 0.25) is 0 Å². The molecule has 76 valence electrons. The van der Waals surface area contributed by atoms with Crippen LogP contribution in [0.15, 0.2) is 27.6 Å². The standard InChI is InChI=1S/C10H12O4/c1-2-3-6-13-10(12)8-4-5-9(11)14-7-8/h4-5,7H,2-3,6H2,1H3. The molecule has 4 nitrogen and oxygen atoms in total. The SMILES string of the molecule is CCCCOC(=O)c1ccc(=O)oc1. The van der Waals surface area contributed by atoms with Crippen molar-refractivity contribution in [2.24, 2.45) is 0 Å². The molecule has 0 aliphatic heterocycles. The molecule has 0 N–H and O–H groups in total. The first-order chi connectivity index (χ1) is 6.74. The van der Waals surface area contributed by atoms with E-state index in [1.54, 1.807) is 0 Å². The van der Waals surface area contributed by atoms with Crippen molar-refractivity contribution in [1.82, 2.24) is 0 Å². The molecular weight excluding hydrogens is 184 g/mol. The monoisotopic (exact) mass is 196 g/mol. The summed E-state index contributed by atoms with van der Waals surface area (Å²) in [5, 5.41) is 0. The molecule has 0 saturated heterocycles. The number of hydrogen-bond acceptors (Lipinski definition) is 4. The maximum absolute atomic E-state index is 11.2. The van der Waals surface area contributed by atoms with E-state index in [4.69, 9.17) is 4.74 Å². The van der Waals surface area contributed by atoms with Crippen LogP contribution >= 0.6 is 0 Å². The second kappa shape index (κ2) is 5.21. The fourth-order valence-electron chi connectivity index (χ4n) is 0.867. The van der Waals surface area contributed by atoms with E-state index in [2.05, 4.69) is 4.42 Å². The molecule has 0 aromatic carbocycles. The lowest BCUT2D eigenvalue weighted by Gasteiger charge is -2.01. The molecule has 0 aliphatic rings. The maximum Gasteiger partial charge on any atom is 0.341 e. The van der Waals surface area contributed by atoms with Crippen molar-refractivity contribution < 1.29 is 13.9 Å². The highest BCUT2D eigenvalue weighted by Gasteiger charge is 2.06. The zero-order valence-electron chi connectivity index (χ0n) is 7.99. The van der Waals surface area contributed by atoms with Crippen LogP contribution in [0.4, 0.5) is 0 Å². The third-order valence-corrected chi connectivity index (χ3v) is 1.67. The topological polar surface area (TPSA) is 56.5 Å². The molecule has 0 radical (unpaired) electrons. The Kier molecular flexibility index (Phi) is 3.91. The summed E-state index contributed by atoms with van der Waals surface area (Å²) in [4.78, 5) is 21.8. The Morgan fingerprint density at radius 3 is 2.86 bits per heavy atom. The van der Waals surface area contributed by atoms with Gasteiger partial charge in [0, 0.05) is 6.07 Å². The van der Waals surface area contributed by atoms with Crippen LogP contribution in [0.2, 0.25) is 0 Å². The van der Waals surface area contributed by atoms with Crippen molar-refractivity contribution >= 4 is 5.97 Å². The molecule has 0 bridgehead atoms. The lowest BCUT2D eigenvalue weighted by atomic mass is 10.3. The minimum atomic E-state index is -0.477. The van der Waals surface area contributed by atoms with E-state index >= 15 is 0 Å². The quantitative estimate of drug-likeness (QED) is 0.542. The van der Waals surface area contributed by atoms with Crippen molar-refractivity contribution in [2.75, 3.05) is 6.61 Å². The van der Waals surface area contributed by atoms with Gasteiger partial charge in [-0.3, -0.25) is 0 Å². The minimum absolute atomic E-state index is 0.265. The van der Waals surface area contributed by atoms with Crippen LogP contribution in [0, 0.1) is 0 Å². The Morgan fingerprint density at radius 2 is 2.29 bits per heavy atom. The van der Waals surface area contributed by atoms with Crippen molar-refractivity contribution in [3.05, 3.63) is 34.4 Å². The Labute approximate surface area is 81.5 Å². The van der Waals surface area contributed by atoms with Gasteiger partial charge in [0.25, 0.3) is 0 Å². The molecule has 1 aromatic rings. The van der Waals surface area contributed by atoms with E-state index in [1.807, 2.05) is 6.92 Å². The summed E-state index contributed by atoms with van der Waals surface area (Å²) < 4.78 is 9.44. The normalized spacial score (nSPS) is 9.79. The number of carbonyl (C=O) groups excluding carboxylic acids is 1. The molecule has 1 heterocycles. The largest absolute Gasteiger partial charge is 0.462 e. The Morgan fingerprint density at radius 1 is 1.50 bits per heavy atom. The number of rotatable bonds is 4. The van der Waals surface area contributed by atoms with Crippen LogP contribution in [-0.4, -0.2) is 12.6 Å². The van der Waals surface area contributed by atoms with E-state index < -0.39 is 11.6 Å². The molecular formula is C10H12O4. The lowest BCUT2D eigenvalue weighted by molar-refractivity contribution is 0.0496. The molecule has 1 aromatic heterocycles. The molecule has 14 heavy (non-hydrogen) atoms. The average Bonchev–Trinajstić information content (AvgIpc) is 2.19. The highest BCUT2D eigenvalue weighted by Crippen LogP contribution is 1.99. The Hall–Kier alpha value is -1.58. The highest BCUT2D eigenvalue weighted by molar-refractivity contribution is 5.88. The van der Waals surface area contributed by atoms with Crippen molar-refractivity contribution in [3.63, 3.8) is 0 Å². The van der Waals surface area contributed by atoms with Crippen LogP contribution in [-0.2, 0) is 4.74 Å². The molecule has 0 atom stereocenters. The van der Waals surface area contributed by atoms with E-state index in [1.165, 1.54) is 12.1 Å². The number of hydrogen-bond donors (Lipinski definition) is 0. The summed E-state index contributed by atoms with van der Waals surface area (Å²) in [6, 6.07) is 2.58. The fourth-order valence-corrected chi connectivity index (χ4v) is 0.867. The lowest BCUT2D eigenvalue weighted by Crippen LogP contribution is -2.07. The average molecular weight is 196 g/mol. The first kappa shape index (κ1) is 10.5. The maximum atomic E-state index is 11.2. The zero-order chi connectivity index (χ0) is 10.4. The van der Waals surface area contributed by atoms with Crippen molar-refractivity contribution in [2.45, 2.75) is 19.8 Å². The summed E-state index contributed by atoms with van der Waals surface area (Å²) in [7, 11) is 0. The highest BCUT2D eigenvalue weighted by atomic mass is 16.5. The third kappa shape index (κ3) is 3.05. The summed E-state index contributed by atoms with van der Waals surface area (Å²) in [5.41, 5.74) is -0.212. The van der Waals surface area contributed by atoms with E-state index in [0.29, 0.717) is 6.61 Å². The number of ether oxygens (including phenoxy) is 1. The first-order valence-electron chi connectivity index (χ1n) is 4.50. The van der Waals surface area contributed by atoms with Gasteiger partial charge in [-0.1, -0.05) is 13.3 Å². The zero-order valence-corrected chi connectivity index (χ0v) is 7.99. The fraction of sp³-hybridized carbons (Fsp3) is 0.400. The molecule has 0 aliphatic carbocycles. The van der Waals surface area contributed by atoms with Gasteiger partial charge in [-0.2, -0.15) is 0 Å². The van der Waals surface area contributed by atoms with Crippen LogP contribution in [0.1, 0.15) is 30.1 Å². The van der Waals surface area contributed by atoms with Gasteiger partial charge in [0.05, 0.1) is 12.2 Å². The van der Waals surface area contributed by atoms with Gasteiger partial charge in [-0.25, -0.2) is 9.59 Å². The van der Waals surface area contributed by atoms with Gasteiger partial charge < -0.3 is 9.15 Å². The first-order valence-corrected chi connectivity index (χ1v) is 4.50. The smallest absolute Gasteiger partial charge is 0.341 e. The molecule has 0 saturated carbocycles. The van der Waals surface area contributed by atoms with Crippen LogP contribution in [0.3, 0.4) is 0 Å². The van der Waals surface area contributed by atoms with Gasteiger partial charge in [0.15, 0.2) is 0 Å². The van der Waals surface area contributed by atoms with E-state index in [9.17, 15) is 9.59 Å². The number of carbonyl (C=O) groups is 1. The van der Waals surface area contributed by atoms with Gasteiger partial charge in [-0.05, 0) is 12.5 Å². The van der Waals surface area contributed by atoms with Crippen LogP contribution < -0.4 is 5.63 Å². The van der Waals surface area contributed by atoms with E-state index in [0.717, 1.165) is 19.1 Å². The summed E-state index contributed by atoms with van der Waals surface area (Å²) in [6.07, 6.45) is 2.91. The predicted molar refractivity (Wildman–Crippen MR) is 50.2 cm³/mol. The number of unbranched alkanes of at least 4 members (excludes halogenated alkanes) is 1. The summed E-state index contributed by atoms with van der Waals surface area (Å²) in [6.45, 7) is 2.41. The van der Waals surface area contributed by atoms with Crippen molar-refractivity contribution in [1.29, 1.82) is 0 Å². The van der Waals surface area contributed by atoms with Crippen LogP contribution in [0.5, 0.6) is 0 Å². The molecule has 0 amide bonds. The van der Waals surface area contributed by atoms with Gasteiger partial charge in [0.1, 0.15) is 6.26 Å². The molecule has 4 heteroatoms. The molecule has 0 unspecified atom stereocenters. The second-order valence-corrected chi connectivity index (χ2v) is 2.83. The predicted octanol–water partition coefficient (Wildman–Crippen LogP) is 1.60. The van der Waals surface area contributed by atoms with Gasteiger partial charge in [-0.15, -0.1) is 0 Å². The second-order valence-electron chi connectivity index (χ2n) is 2.83. The summed E-state index contributed by atoms with van der Waals surface area (Å²) in [5.74, 6) is -0.456. The van der Waals surface area contributed by atoms with Crippen LogP contribution in [0.25, 0.3) is 0 Å². The molecule has 0 fully saturated rings. The Bertz CT molecular complexity index is 333. The van der Waals surface area contributed by atoms with Gasteiger partial charge >= 0.3 is 11.6 Å². The Balaban J connectivity index is 2.52. The van der Waals surface area contributed by atoms with Crippen molar-refractivity contribution in [3.8, 4) is 0 Å². The number of esters is 1. The molecule has 1 rings (SSSR count). The molecule has 0 spiro atoms. The minimum Gasteiger partial charge on any atom is -0.462 e. The summed E-state index contributed by atoms with van der Waals surface area (Å²) >= 11 is 0.